The zero-order valence-electron chi connectivity index (χ0n) is 12.0. The number of rotatable bonds is 2. The van der Waals surface area contributed by atoms with E-state index in [2.05, 4.69) is 18.6 Å². The summed E-state index contributed by atoms with van der Waals surface area (Å²) in [4.78, 5) is 12.2. The van der Waals surface area contributed by atoms with Crippen molar-refractivity contribution >= 4 is 15.9 Å². The molecular formula is C13H21NO5S. The van der Waals surface area contributed by atoms with Gasteiger partial charge in [0.15, 0.2) is 0 Å². The number of hydrogen-bond acceptors (Lipinski definition) is 5. The lowest BCUT2D eigenvalue weighted by Crippen LogP contribution is -2.48. The summed E-state index contributed by atoms with van der Waals surface area (Å²) in [5.74, 6) is -0.396. The Balaban J connectivity index is 2.05. The molecule has 2 saturated carbocycles. The maximum absolute atomic E-state index is 12.4. The Kier molecular flexibility index (Phi) is 2.82. The molecule has 0 aromatic rings. The van der Waals surface area contributed by atoms with Gasteiger partial charge in [0.05, 0.1) is 11.8 Å². The van der Waals surface area contributed by atoms with E-state index in [0.29, 0.717) is 12.3 Å². The normalized spacial score (nSPS) is 41.7. The van der Waals surface area contributed by atoms with Gasteiger partial charge in [0, 0.05) is 12.5 Å². The summed E-state index contributed by atoms with van der Waals surface area (Å²) in [7, 11) is -2.49. The van der Waals surface area contributed by atoms with Gasteiger partial charge in [-0.25, -0.2) is 12.7 Å². The van der Waals surface area contributed by atoms with E-state index < -0.39 is 22.2 Å². The van der Waals surface area contributed by atoms with Gasteiger partial charge >= 0.3 is 0 Å². The van der Waals surface area contributed by atoms with Gasteiger partial charge in [-0.2, -0.15) is 0 Å². The van der Waals surface area contributed by atoms with E-state index in [1.54, 1.807) is 0 Å². The van der Waals surface area contributed by atoms with Crippen molar-refractivity contribution in [2.45, 2.75) is 45.4 Å². The Labute approximate surface area is 119 Å². The minimum absolute atomic E-state index is 0.0103. The van der Waals surface area contributed by atoms with Gasteiger partial charge in [-0.3, -0.25) is 4.79 Å². The number of carbonyl (C=O) groups is 1. The van der Waals surface area contributed by atoms with Gasteiger partial charge in [-0.05, 0) is 30.6 Å². The summed E-state index contributed by atoms with van der Waals surface area (Å²) >= 11 is 0. The second kappa shape index (κ2) is 3.96. The quantitative estimate of drug-likeness (QED) is 0.743. The SMILES string of the molecule is CO[C@H](O)C(=O)N1[C@@H]2C[C@H]3CC[C@]2(CS1(=O)=O)C3(C)C. The Morgan fingerprint density at radius 2 is 2.10 bits per heavy atom. The first-order chi connectivity index (χ1) is 9.17. The van der Waals surface area contributed by atoms with Gasteiger partial charge < -0.3 is 9.84 Å². The van der Waals surface area contributed by atoms with Crippen LogP contribution in [0.2, 0.25) is 0 Å². The Hall–Kier alpha value is -0.660. The lowest BCUT2D eigenvalue weighted by atomic mass is 9.69. The number of methoxy groups -OCH3 is 1. The molecule has 1 amide bonds. The molecule has 6 nitrogen and oxygen atoms in total. The van der Waals surface area contributed by atoms with Gasteiger partial charge in [-0.1, -0.05) is 13.8 Å². The molecule has 1 N–H and O–H groups in total. The van der Waals surface area contributed by atoms with Crippen molar-refractivity contribution in [3.05, 3.63) is 0 Å². The zero-order chi connectivity index (χ0) is 14.9. The van der Waals surface area contributed by atoms with Crippen molar-refractivity contribution in [2.75, 3.05) is 12.9 Å². The fourth-order valence-electron chi connectivity index (χ4n) is 4.79. The second-order valence-electron chi connectivity index (χ2n) is 6.84. The lowest BCUT2D eigenvalue weighted by molar-refractivity contribution is -0.161. The molecule has 20 heavy (non-hydrogen) atoms. The number of aliphatic hydroxyl groups is 1. The van der Waals surface area contributed by atoms with E-state index in [1.165, 1.54) is 7.11 Å². The van der Waals surface area contributed by atoms with Crippen molar-refractivity contribution in [3.63, 3.8) is 0 Å². The molecule has 1 heterocycles. The Morgan fingerprint density at radius 3 is 2.65 bits per heavy atom. The molecular weight excluding hydrogens is 282 g/mol. The van der Waals surface area contributed by atoms with Crippen LogP contribution in [0.1, 0.15) is 33.1 Å². The highest BCUT2D eigenvalue weighted by molar-refractivity contribution is 7.90. The minimum atomic E-state index is -3.67. The Bertz CT molecular complexity index is 557. The summed E-state index contributed by atoms with van der Waals surface area (Å²) in [6, 6.07) is -0.321. The summed E-state index contributed by atoms with van der Waals surface area (Å²) in [5.41, 5.74) is -0.447. The van der Waals surface area contributed by atoms with Crippen LogP contribution in [0.5, 0.6) is 0 Å². The number of ether oxygens (including phenoxy) is 1. The molecule has 0 unspecified atom stereocenters. The lowest BCUT2D eigenvalue weighted by Gasteiger charge is -2.37. The van der Waals surface area contributed by atoms with Crippen LogP contribution in [0.4, 0.5) is 0 Å². The van der Waals surface area contributed by atoms with Crippen molar-refractivity contribution in [3.8, 4) is 0 Å². The average Bonchev–Trinajstić information content (AvgIpc) is 2.83. The second-order valence-corrected chi connectivity index (χ2v) is 8.69. The fraction of sp³-hybridized carbons (Fsp3) is 0.923. The maximum Gasteiger partial charge on any atom is 0.293 e. The van der Waals surface area contributed by atoms with E-state index in [1.807, 2.05) is 0 Å². The maximum atomic E-state index is 12.4. The van der Waals surface area contributed by atoms with Gasteiger partial charge in [0.1, 0.15) is 0 Å². The first-order valence-corrected chi connectivity index (χ1v) is 8.55. The molecule has 4 atom stereocenters. The molecule has 0 aromatic heterocycles. The van der Waals surface area contributed by atoms with Crippen molar-refractivity contribution in [1.29, 1.82) is 0 Å². The summed E-state index contributed by atoms with van der Waals surface area (Å²) in [6.45, 7) is 4.22. The molecule has 3 aliphatic rings. The molecule has 1 spiro atoms. The van der Waals surface area contributed by atoms with E-state index in [4.69, 9.17) is 0 Å². The third kappa shape index (κ3) is 1.46. The van der Waals surface area contributed by atoms with Gasteiger partial charge in [0.2, 0.25) is 16.3 Å². The third-order valence-corrected chi connectivity index (χ3v) is 7.98. The summed E-state index contributed by atoms with van der Waals surface area (Å²) < 4.78 is 30.4. The van der Waals surface area contributed by atoms with Gasteiger partial charge in [0.25, 0.3) is 5.91 Å². The fourth-order valence-corrected chi connectivity index (χ4v) is 7.33. The van der Waals surface area contributed by atoms with Crippen LogP contribution >= 0.6 is 0 Å². The number of amides is 1. The molecule has 0 aromatic carbocycles. The first kappa shape index (κ1) is 14.3. The summed E-state index contributed by atoms with van der Waals surface area (Å²) in [5, 5.41) is 9.56. The first-order valence-electron chi connectivity index (χ1n) is 6.94. The van der Waals surface area contributed by atoms with E-state index in [9.17, 15) is 18.3 Å². The highest BCUT2D eigenvalue weighted by Gasteiger charge is 2.72. The van der Waals surface area contributed by atoms with E-state index in [-0.39, 0.29) is 22.6 Å². The molecule has 3 rings (SSSR count). The topological polar surface area (TPSA) is 83.9 Å². The number of nitrogens with zero attached hydrogens (tertiary/aromatic N) is 1. The van der Waals surface area contributed by atoms with E-state index in [0.717, 1.165) is 17.1 Å². The molecule has 0 radical (unpaired) electrons. The molecule has 1 aliphatic heterocycles. The van der Waals surface area contributed by atoms with Crippen LogP contribution in [0.15, 0.2) is 0 Å². The number of fused-ring (bicyclic) bond motifs is 1. The smallest absolute Gasteiger partial charge is 0.293 e. The highest BCUT2D eigenvalue weighted by Crippen LogP contribution is 2.69. The molecule has 2 aliphatic carbocycles. The highest BCUT2D eigenvalue weighted by atomic mass is 32.2. The van der Waals surface area contributed by atoms with Gasteiger partial charge in [-0.15, -0.1) is 0 Å². The number of hydrogen-bond donors (Lipinski definition) is 1. The van der Waals surface area contributed by atoms with Crippen LogP contribution < -0.4 is 0 Å². The number of carbonyl (C=O) groups excluding carboxylic acids is 1. The number of aliphatic hydroxyl groups excluding tert-OH is 1. The van der Waals surface area contributed by atoms with Crippen LogP contribution in [-0.2, 0) is 19.6 Å². The van der Waals surface area contributed by atoms with Crippen molar-refractivity contribution in [1.82, 2.24) is 4.31 Å². The van der Waals surface area contributed by atoms with Crippen molar-refractivity contribution < 1.29 is 23.1 Å². The minimum Gasteiger partial charge on any atom is -0.360 e. The third-order valence-electron chi connectivity index (χ3n) is 6.06. The van der Waals surface area contributed by atoms with Crippen LogP contribution in [0.25, 0.3) is 0 Å². The summed E-state index contributed by atoms with van der Waals surface area (Å²) in [6.07, 6.45) is 0.853. The zero-order valence-corrected chi connectivity index (χ0v) is 12.8. The molecule has 2 bridgehead atoms. The average molecular weight is 303 g/mol. The molecule has 114 valence electrons. The number of sulfonamides is 1. The largest absolute Gasteiger partial charge is 0.360 e. The molecule has 1 saturated heterocycles. The predicted molar refractivity (Wildman–Crippen MR) is 71.0 cm³/mol. The molecule has 3 fully saturated rings. The molecule has 7 heteroatoms. The Morgan fingerprint density at radius 1 is 1.45 bits per heavy atom. The van der Waals surface area contributed by atoms with Crippen LogP contribution in [0, 0.1) is 16.7 Å². The standard InChI is InChI=1S/C13H21NO5S/c1-12(2)8-4-5-13(12)7-20(17,18)14(9(13)6-8)10(15)11(16)19-3/h8-9,11,16H,4-7H2,1-3H3/t8-,9-,11+,13-/m1/s1. The van der Waals surface area contributed by atoms with Crippen LogP contribution in [-0.4, -0.2) is 48.9 Å². The van der Waals surface area contributed by atoms with E-state index >= 15 is 0 Å². The predicted octanol–water partition coefficient (Wildman–Crippen LogP) is 0.318. The van der Waals surface area contributed by atoms with Crippen molar-refractivity contribution in [2.24, 2.45) is 16.7 Å². The monoisotopic (exact) mass is 303 g/mol. The van der Waals surface area contributed by atoms with Crippen LogP contribution in [0.3, 0.4) is 0 Å².